The van der Waals surface area contributed by atoms with Gasteiger partial charge in [0.1, 0.15) is 0 Å². The fourth-order valence-electron chi connectivity index (χ4n) is 2.44. The quantitative estimate of drug-likeness (QED) is 0.450. The largest absolute Gasteiger partial charge is 0.284 e. The molecule has 2 aromatic carbocycles. The van der Waals surface area contributed by atoms with Crippen molar-refractivity contribution in [2.45, 2.75) is 9.79 Å². The van der Waals surface area contributed by atoms with Gasteiger partial charge in [0.2, 0.25) is 0 Å². The molecule has 12 nitrogen and oxygen atoms in total. The topological polar surface area (TPSA) is 170 Å². The molecule has 0 N–H and O–H groups in total. The predicted molar refractivity (Wildman–Crippen MR) is 107 cm³/mol. The molecule has 3 rings (SSSR count). The Bertz CT molecular complexity index is 1240. The van der Waals surface area contributed by atoms with E-state index in [4.69, 9.17) is 0 Å². The van der Waals surface area contributed by atoms with Gasteiger partial charge in [-0.1, -0.05) is 11.8 Å². The lowest BCUT2D eigenvalue weighted by atomic mass is 10.3. The Hall–Kier alpha value is -3.04. The van der Waals surface area contributed by atoms with Crippen LogP contribution in [0.15, 0.2) is 62.7 Å². The number of nitro benzene ring substituents is 2. The summed E-state index contributed by atoms with van der Waals surface area (Å²) in [5.41, 5.74) is -0.599. The molecule has 0 amide bonds. The van der Waals surface area contributed by atoms with E-state index >= 15 is 0 Å². The Labute approximate surface area is 174 Å². The molecule has 30 heavy (non-hydrogen) atoms. The van der Waals surface area contributed by atoms with Crippen LogP contribution < -0.4 is 0 Å². The highest BCUT2D eigenvalue weighted by Gasteiger charge is 2.34. The van der Waals surface area contributed by atoms with E-state index in [9.17, 15) is 37.1 Å². The summed E-state index contributed by atoms with van der Waals surface area (Å²) in [5.74, 6) is 0.251. The van der Waals surface area contributed by atoms with Crippen LogP contribution in [-0.2, 0) is 20.0 Å². The van der Waals surface area contributed by atoms with Gasteiger partial charge in [-0.15, -0.1) is 4.40 Å². The van der Waals surface area contributed by atoms with Crippen LogP contribution in [0.4, 0.5) is 11.4 Å². The molecule has 1 aliphatic heterocycles. The molecule has 1 heterocycles. The summed E-state index contributed by atoms with van der Waals surface area (Å²) in [6.45, 7) is -0.0431. The van der Waals surface area contributed by atoms with Gasteiger partial charge in [-0.25, -0.2) is 12.7 Å². The average Bonchev–Trinajstić information content (AvgIpc) is 3.16. The molecule has 15 heteroatoms. The number of sulfonamides is 2. The first-order valence-electron chi connectivity index (χ1n) is 8.02. The van der Waals surface area contributed by atoms with Crippen molar-refractivity contribution in [3.05, 3.63) is 68.8 Å². The van der Waals surface area contributed by atoms with E-state index in [1.165, 1.54) is 0 Å². The molecule has 0 spiro atoms. The Morgan fingerprint density at radius 2 is 1.30 bits per heavy atom. The highest BCUT2D eigenvalue weighted by Crippen LogP contribution is 2.29. The van der Waals surface area contributed by atoms with E-state index in [1.807, 2.05) is 0 Å². The maximum atomic E-state index is 12.9. The number of hydrogen-bond donors (Lipinski definition) is 0. The lowest BCUT2D eigenvalue weighted by molar-refractivity contribution is -0.385. The first-order chi connectivity index (χ1) is 14.0. The monoisotopic (exact) mass is 472 g/mol. The lowest BCUT2D eigenvalue weighted by Gasteiger charge is -2.17. The first-order valence-corrected chi connectivity index (χ1v) is 11.9. The number of benzene rings is 2. The minimum atomic E-state index is -4.33. The van der Waals surface area contributed by atoms with Gasteiger partial charge in [0, 0.05) is 36.6 Å². The van der Waals surface area contributed by atoms with Crippen LogP contribution in [0.5, 0.6) is 0 Å². The zero-order chi connectivity index (χ0) is 22.1. The molecule has 1 saturated heterocycles. The van der Waals surface area contributed by atoms with Crippen molar-refractivity contribution in [2.75, 3.05) is 12.3 Å². The van der Waals surface area contributed by atoms with Gasteiger partial charge in [-0.3, -0.25) is 20.2 Å². The van der Waals surface area contributed by atoms with Crippen LogP contribution in [0, 0.1) is 20.2 Å². The van der Waals surface area contributed by atoms with Crippen molar-refractivity contribution in [1.82, 2.24) is 4.31 Å². The molecule has 0 aliphatic carbocycles. The zero-order valence-electron chi connectivity index (χ0n) is 14.8. The Morgan fingerprint density at radius 3 is 1.77 bits per heavy atom. The number of rotatable bonds is 6. The summed E-state index contributed by atoms with van der Waals surface area (Å²) in [7, 11) is -8.53. The van der Waals surface area contributed by atoms with E-state index in [0.29, 0.717) is 0 Å². The Kier molecular flexibility index (Phi) is 5.78. The lowest BCUT2D eigenvalue weighted by Crippen LogP contribution is -2.32. The Morgan fingerprint density at radius 1 is 0.833 bits per heavy atom. The highest BCUT2D eigenvalue weighted by molar-refractivity contribution is 8.16. The van der Waals surface area contributed by atoms with Gasteiger partial charge in [0.25, 0.3) is 31.4 Å². The van der Waals surface area contributed by atoms with Gasteiger partial charge >= 0.3 is 0 Å². The van der Waals surface area contributed by atoms with E-state index in [1.54, 1.807) is 0 Å². The smallest absolute Gasteiger partial charge is 0.258 e. The standard InChI is InChI=1S/C15H12N4O8S3/c20-18(21)11-1-5-13(6-2-11)29(24,25)16-15-17(9-10-28-15)30(26,27)14-7-3-12(4-8-14)19(22)23/h1-8H,9-10H2. The molecule has 0 bridgehead atoms. The number of nitrogens with zero attached hydrogens (tertiary/aromatic N) is 4. The molecular weight excluding hydrogens is 460 g/mol. The van der Waals surface area contributed by atoms with Crippen molar-refractivity contribution < 1.29 is 26.7 Å². The van der Waals surface area contributed by atoms with Gasteiger partial charge < -0.3 is 0 Å². The second-order valence-electron chi connectivity index (χ2n) is 5.78. The van der Waals surface area contributed by atoms with Crippen LogP contribution in [-0.4, -0.2) is 48.5 Å². The molecule has 0 saturated carbocycles. The zero-order valence-corrected chi connectivity index (χ0v) is 17.3. The normalized spacial score (nSPS) is 16.0. The van der Waals surface area contributed by atoms with Crippen molar-refractivity contribution >= 4 is 48.4 Å². The summed E-state index contributed by atoms with van der Waals surface area (Å²) in [5, 5.41) is 21.2. The number of amidine groups is 1. The minimum Gasteiger partial charge on any atom is -0.258 e. The molecular formula is C15H12N4O8S3. The van der Waals surface area contributed by atoms with Gasteiger partial charge in [0.05, 0.1) is 19.6 Å². The third-order valence-corrected chi connectivity index (χ3v) is 8.19. The molecule has 0 radical (unpaired) electrons. The van der Waals surface area contributed by atoms with E-state index in [-0.39, 0.29) is 38.6 Å². The predicted octanol–water partition coefficient (Wildman–Crippen LogP) is 1.99. The summed E-state index contributed by atoms with van der Waals surface area (Å²) in [4.78, 5) is 19.5. The van der Waals surface area contributed by atoms with Gasteiger partial charge in [-0.2, -0.15) is 8.42 Å². The molecule has 158 valence electrons. The summed E-state index contributed by atoms with van der Waals surface area (Å²) in [6, 6.07) is 8.18. The average molecular weight is 472 g/mol. The molecule has 2 aromatic rings. The molecule has 0 atom stereocenters. The second kappa shape index (κ2) is 8.00. The fraction of sp³-hybridized carbons (Fsp3) is 0.133. The maximum absolute atomic E-state index is 12.9. The third-order valence-electron chi connectivity index (χ3n) is 3.92. The highest BCUT2D eigenvalue weighted by atomic mass is 32.2. The minimum absolute atomic E-state index is 0.0431. The van der Waals surface area contributed by atoms with E-state index in [0.717, 1.165) is 64.6 Å². The third kappa shape index (κ3) is 4.27. The number of thioether (sulfide) groups is 1. The molecule has 1 fully saturated rings. The van der Waals surface area contributed by atoms with Crippen molar-refractivity contribution in [3.63, 3.8) is 0 Å². The van der Waals surface area contributed by atoms with Crippen LogP contribution in [0.25, 0.3) is 0 Å². The van der Waals surface area contributed by atoms with Crippen LogP contribution in [0.1, 0.15) is 0 Å². The Balaban J connectivity index is 1.94. The second-order valence-corrected chi connectivity index (χ2v) is 10.3. The fourth-order valence-corrected chi connectivity index (χ4v) is 6.46. The number of hydrogen-bond acceptors (Lipinski definition) is 9. The SMILES string of the molecule is O=[N+]([O-])c1ccc(S(=O)(=O)N=C2SCCN2S(=O)(=O)c2ccc([N+](=O)[O-])cc2)cc1. The van der Waals surface area contributed by atoms with E-state index in [2.05, 4.69) is 4.40 Å². The van der Waals surface area contributed by atoms with Crippen molar-refractivity contribution in [2.24, 2.45) is 4.40 Å². The number of nitro groups is 2. The van der Waals surface area contributed by atoms with Crippen molar-refractivity contribution in [1.29, 1.82) is 0 Å². The van der Waals surface area contributed by atoms with Gasteiger partial charge in [-0.05, 0) is 24.3 Å². The molecule has 0 unspecified atom stereocenters. The van der Waals surface area contributed by atoms with Crippen LogP contribution >= 0.6 is 11.8 Å². The molecule has 1 aliphatic rings. The van der Waals surface area contributed by atoms with Crippen LogP contribution in [0.3, 0.4) is 0 Å². The molecule has 0 aromatic heterocycles. The maximum Gasteiger partial charge on any atom is 0.284 e. The summed E-state index contributed by atoms with van der Waals surface area (Å²) in [6.07, 6.45) is 0. The number of non-ortho nitro benzene ring substituents is 2. The summed E-state index contributed by atoms with van der Waals surface area (Å²) < 4.78 is 55.2. The van der Waals surface area contributed by atoms with Gasteiger partial charge in [0.15, 0.2) is 5.17 Å². The van der Waals surface area contributed by atoms with Crippen LogP contribution in [0.2, 0.25) is 0 Å². The van der Waals surface area contributed by atoms with E-state index < -0.39 is 29.9 Å². The summed E-state index contributed by atoms with van der Waals surface area (Å²) >= 11 is 0.911. The first kappa shape index (κ1) is 21.7. The van der Waals surface area contributed by atoms with Crippen molar-refractivity contribution in [3.8, 4) is 0 Å².